The van der Waals surface area contributed by atoms with Gasteiger partial charge in [0.2, 0.25) is 0 Å². The minimum Gasteiger partial charge on any atom is -0.315 e. The summed E-state index contributed by atoms with van der Waals surface area (Å²) in [4.78, 5) is 0. The average Bonchev–Trinajstić information content (AvgIpc) is 1.99. The number of hydrogen-bond acceptors (Lipinski definition) is 2. The molecule has 2 nitrogen and oxygen atoms in total. The highest BCUT2D eigenvalue weighted by molar-refractivity contribution is 4.73. The molecule has 0 heterocycles. The van der Waals surface area contributed by atoms with Gasteiger partial charge in [-0.1, -0.05) is 20.8 Å². The van der Waals surface area contributed by atoms with E-state index in [1.165, 1.54) is 6.42 Å². The van der Waals surface area contributed by atoms with Gasteiger partial charge in [0, 0.05) is 19.5 Å². The van der Waals surface area contributed by atoms with Gasteiger partial charge in [0.05, 0.1) is 6.07 Å². The van der Waals surface area contributed by atoms with Gasteiger partial charge < -0.3 is 5.32 Å². The molecule has 0 saturated heterocycles. The van der Waals surface area contributed by atoms with Gasteiger partial charge in [0.15, 0.2) is 0 Å². The van der Waals surface area contributed by atoms with Gasteiger partial charge in [0.1, 0.15) is 0 Å². The predicted octanol–water partition coefficient (Wildman–Crippen LogP) is 1.93. The Morgan fingerprint density at radius 1 is 1.45 bits per heavy atom. The van der Waals surface area contributed by atoms with E-state index >= 15 is 0 Å². The molecule has 0 aliphatic carbocycles. The Morgan fingerprint density at radius 2 is 2.09 bits per heavy atom. The minimum absolute atomic E-state index is 0.370. The van der Waals surface area contributed by atoms with Crippen molar-refractivity contribution in [2.45, 2.75) is 33.6 Å². The maximum absolute atomic E-state index is 8.26. The summed E-state index contributed by atoms with van der Waals surface area (Å²) in [5.74, 6) is 0. The first kappa shape index (κ1) is 10.4. The molecular formula is C9H18N2. The van der Waals surface area contributed by atoms with Crippen LogP contribution < -0.4 is 5.32 Å². The van der Waals surface area contributed by atoms with Gasteiger partial charge in [-0.05, 0) is 11.8 Å². The van der Waals surface area contributed by atoms with Crippen molar-refractivity contribution in [3.8, 4) is 6.07 Å². The molecule has 1 N–H and O–H groups in total. The Balaban J connectivity index is 3.32. The van der Waals surface area contributed by atoms with E-state index in [1.807, 2.05) is 0 Å². The molecule has 0 rings (SSSR count). The third kappa shape index (κ3) is 5.87. The molecule has 0 aromatic rings. The van der Waals surface area contributed by atoms with E-state index in [9.17, 15) is 0 Å². The van der Waals surface area contributed by atoms with Crippen LogP contribution in [0.15, 0.2) is 0 Å². The molecule has 0 atom stereocenters. The standard InChI is InChI=1S/C9H18N2/c1-4-9(2,3)8-11-7-5-6-10/h11H,4-5,7-8H2,1-3H3. The maximum Gasteiger partial charge on any atom is 0.0635 e. The summed E-state index contributed by atoms with van der Waals surface area (Å²) in [6.45, 7) is 8.47. The van der Waals surface area contributed by atoms with E-state index in [0.29, 0.717) is 11.8 Å². The van der Waals surface area contributed by atoms with Crippen LogP contribution >= 0.6 is 0 Å². The summed E-state index contributed by atoms with van der Waals surface area (Å²) >= 11 is 0. The highest BCUT2D eigenvalue weighted by Gasteiger charge is 2.13. The molecule has 0 unspecified atom stereocenters. The molecule has 0 radical (unpaired) electrons. The van der Waals surface area contributed by atoms with Gasteiger partial charge in [-0.25, -0.2) is 0 Å². The van der Waals surface area contributed by atoms with Gasteiger partial charge in [-0.3, -0.25) is 0 Å². The van der Waals surface area contributed by atoms with Gasteiger partial charge >= 0.3 is 0 Å². The lowest BCUT2D eigenvalue weighted by molar-refractivity contribution is 0.330. The largest absolute Gasteiger partial charge is 0.315 e. The van der Waals surface area contributed by atoms with Gasteiger partial charge in [-0.15, -0.1) is 0 Å². The van der Waals surface area contributed by atoms with Crippen molar-refractivity contribution < 1.29 is 0 Å². The van der Waals surface area contributed by atoms with Crippen molar-refractivity contribution in [1.82, 2.24) is 5.32 Å². The molecule has 0 aromatic carbocycles. The molecule has 0 aliphatic rings. The van der Waals surface area contributed by atoms with Crippen LogP contribution in [-0.2, 0) is 0 Å². The fraction of sp³-hybridized carbons (Fsp3) is 0.889. The summed E-state index contributed by atoms with van der Waals surface area (Å²) in [6.07, 6.45) is 1.78. The van der Waals surface area contributed by atoms with Crippen LogP contribution in [0.5, 0.6) is 0 Å². The lowest BCUT2D eigenvalue weighted by Gasteiger charge is -2.22. The van der Waals surface area contributed by atoms with Crippen molar-refractivity contribution in [2.75, 3.05) is 13.1 Å². The summed E-state index contributed by atoms with van der Waals surface area (Å²) < 4.78 is 0. The van der Waals surface area contributed by atoms with Crippen molar-refractivity contribution in [2.24, 2.45) is 5.41 Å². The van der Waals surface area contributed by atoms with E-state index in [1.54, 1.807) is 0 Å². The van der Waals surface area contributed by atoms with Crippen molar-refractivity contribution in [3.05, 3.63) is 0 Å². The van der Waals surface area contributed by atoms with Crippen molar-refractivity contribution >= 4 is 0 Å². The molecule has 11 heavy (non-hydrogen) atoms. The predicted molar refractivity (Wildman–Crippen MR) is 47.2 cm³/mol. The molecule has 2 heteroatoms. The monoisotopic (exact) mass is 154 g/mol. The summed E-state index contributed by atoms with van der Waals surface area (Å²) in [5, 5.41) is 11.5. The highest BCUT2D eigenvalue weighted by Crippen LogP contribution is 2.17. The highest BCUT2D eigenvalue weighted by atomic mass is 14.9. The first-order chi connectivity index (χ1) is 5.12. The van der Waals surface area contributed by atoms with Gasteiger partial charge in [0.25, 0.3) is 0 Å². The molecular weight excluding hydrogens is 136 g/mol. The van der Waals surface area contributed by atoms with E-state index in [0.717, 1.165) is 13.1 Å². The zero-order chi connectivity index (χ0) is 8.74. The lowest BCUT2D eigenvalue weighted by atomic mass is 9.90. The van der Waals surface area contributed by atoms with Crippen LogP contribution in [-0.4, -0.2) is 13.1 Å². The third-order valence-electron chi connectivity index (χ3n) is 1.97. The maximum atomic E-state index is 8.26. The van der Waals surface area contributed by atoms with E-state index < -0.39 is 0 Å². The SMILES string of the molecule is CCC(C)(C)CNCCC#N. The summed E-state index contributed by atoms with van der Waals surface area (Å²) in [7, 11) is 0. The number of rotatable bonds is 5. The molecule has 0 aliphatic heterocycles. The Kier molecular flexibility index (Phi) is 4.89. The van der Waals surface area contributed by atoms with Crippen molar-refractivity contribution in [3.63, 3.8) is 0 Å². The van der Waals surface area contributed by atoms with Crippen LogP contribution in [0.4, 0.5) is 0 Å². The topological polar surface area (TPSA) is 35.8 Å². The molecule has 0 aromatic heterocycles. The second kappa shape index (κ2) is 5.15. The van der Waals surface area contributed by atoms with E-state index in [-0.39, 0.29) is 0 Å². The van der Waals surface area contributed by atoms with Crippen LogP contribution in [0.2, 0.25) is 0 Å². The molecule has 0 bridgehead atoms. The average molecular weight is 154 g/mol. The zero-order valence-corrected chi connectivity index (χ0v) is 7.78. The van der Waals surface area contributed by atoms with Crippen LogP contribution in [0.3, 0.4) is 0 Å². The lowest BCUT2D eigenvalue weighted by Crippen LogP contribution is -2.29. The molecule has 0 fully saturated rings. The third-order valence-corrected chi connectivity index (χ3v) is 1.97. The number of nitrogens with zero attached hydrogens (tertiary/aromatic N) is 1. The van der Waals surface area contributed by atoms with Gasteiger partial charge in [-0.2, -0.15) is 5.26 Å². The fourth-order valence-corrected chi connectivity index (χ4v) is 0.696. The molecule has 0 amide bonds. The van der Waals surface area contributed by atoms with E-state index in [4.69, 9.17) is 5.26 Å². The Morgan fingerprint density at radius 3 is 2.55 bits per heavy atom. The van der Waals surface area contributed by atoms with Crippen molar-refractivity contribution in [1.29, 1.82) is 5.26 Å². The fourth-order valence-electron chi connectivity index (χ4n) is 0.696. The number of nitriles is 1. The summed E-state index contributed by atoms with van der Waals surface area (Å²) in [5.41, 5.74) is 0.370. The van der Waals surface area contributed by atoms with Crippen LogP contribution in [0.25, 0.3) is 0 Å². The Bertz CT molecular complexity index is 133. The summed E-state index contributed by atoms with van der Waals surface area (Å²) in [6, 6.07) is 2.11. The van der Waals surface area contributed by atoms with Crippen LogP contribution in [0.1, 0.15) is 33.6 Å². The molecule has 0 saturated carbocycles. The zero-order valence-electron chi connectivity index (χ0n) is 7.78. The first-order valence-corrected chi connectivity index (χ1v) is 4.20. The quantitative estimate of drug-likeness (QED) is 0.614. The Labute approximate surface area is 69.6 Å². The Hall–Kier alpha value is -0.550. The van der Waals surface area contributed by atoms with Crippen LogP contribution in [0, 0.1) is 16.7 Å². The molecule has 0 spiro atoms. The smallest absolute Gasteiger partial charge is 0.0635 e. The number of hydrogen-bond donors (Lipinski definition) is 1. The molecule has 64 valence electrons. The second-order valence-corrected chi connectivity index (χ2v) is 3.60. The second-order valence-electron chi connectivity index (χ2n) is 3.60. The normalized spacial score (nSPS) is 11.1. The van der Waals surface area contributed by atoms with E-state index in [2.05, 4.69) is 32.2 Å². The minimum atomic E-state index is 0.370. The number of nitrogens with one attached hydrogen (secondary N) is 1. The first-order valence-electron chi connectivity index (χ1n) is 4.20.